The Kier molecular flexibility index (Phi) is 4.97. The monoisotopic (exact) mass is 362 g/mol. The number of ether oxygens (including phenoxy) is 1. The van der Waals surface area contributed by atoms with Gasteiger partial charge in [-0.15, -0.1) is 0 Å². The molecule has 0 saturated carbocycles. The summed E-state index contributed by atoms with van der Waals surface area (Å²) in [7, 11) is 0. The average Bonchev–Trinajstić information content (AvgIpc) is 2.93. The Morgan fingerprint density at radius 3 is 2.36 bits per heavy atom. The number of carbonyl (C=O) groups excluding carboxylic acids is 1. The molecule has 0 radical (unpaired) electrons. The molecule has 2 atom stereocenters. The Bertz CT molecular complexity index is 617. The lowest BCUT2D eigenvalue weighted by Crippen LogP contribution is -2.44. The van der Waals surface area contributed by atoms with Gasteiger partial charge in [-0.25, -0.2) is 0 Å². The number of ketones is 1. The first-order chi connectivity index (χ1) is 10.1. The molecule has 2 heterocycles. The number of aromatic nitrogens is 1. The normalized spacial score (nSPS) is 23.4. The van der Waals surface area contributed by atoms with Crippen LogP contribution in [-0.4, -0.2) is 15.5 Å². The number of alkyl halides is 1. The van der Waals surface area contributed by atoms with E-state index >= 15 is 0 Å². The maximum absolute atomic E-state index is 12.7. The number of nitrogens with one attached hydrogen (secondary N) is 1. The van der Waals surface area contributed by atoms with Gasteiger partial charge in [0, 0.05) is 30.1 Å². The molecule has 1 aromatic heterocycles. The van der Waals surface area contributed by atoms with Crippen LogP contribution in [0.4, 0.5) is 0 Å². The molecule has 0 aromatic carbocycles. The Morgan fingerprint density at radius 1 is 1.27 bits per heavy atom. The van der Waals surface area contributed by atoms with Gasteiger partial charge in [-0.05, 0) is 12.1 Å². The quantitative estimate of drug-likeness (QED) is 0.640. The lowest BCUT2D eigenvalue weighted by Gasteiger charge is -2.34. The summed E-state index contributed by atoms with van der Waals surface area (Å²) in [6.07, 6.45) is 5.44. The van der Waals surface area contributed by atoms with E-state index in [2.05, 4.69) is 5.32 Å². The standard InChI is InChI=1S/C15H17Cl3N2O2/c1-14(2,3)12(21)13(20-6-4-5-7-20)22-15(18)8-10(16)11(17)9-19-15/h4-9,13,19H,1-3H3. The zero-order valence-electron chi connectivity index (χ0n) is 12.4. The van der Waals surface area contributed by atoms with Gasteiger partial charge >= 0.3 is 0 Å². The Hall–Kier alpha value is -0.940. The van der Waals surface area contributed by atoms with Crippen LogP contribution in [0.2, 0.25) is 0 Å². The minimum absolute atomic E-state index is 0.115. The van der Waals surface area contributed by atoms with Crippen molar-refractivity contribution in [2.24, 2.45) is 5.41 Å². The molecular weight excluding hydrogens is 347 g/mol. The van der Waals surface area contributed by atoms with Gasteiger partial charge in [0.15, 0.2) is 12.0 Å². The molecule has 1 aliphatic heterocycles. The molecule has 1 N–H and O–H groups in total. The number of hydrogen-bond donors (Lipinski definition) is 1. The van der Waals surface area contributed by atoms with Gasteiger partial charge < -0.3 is 14.6 Å². The van der Waals surface area contributed by atoms with Crippen molar-refractivity contribution in [3.05, 3.63) is 46.9 Å². The number of halogens is 3. The van der Waals surface area contributed by atoms with Gasteiger partial charge in [-0.3, -0.25) is 4.79 Å². The van der Waals surface area contributed by atoms with Crippen LogP contribution >= 0.6 is 34.8 Å². The van der Waals surface area contributed by atoms with Crippen molar-refractivity contribution in [1.82, 2.24) is 9.88 Å². The first-order valence-corrected chi connectivity index (χ1v) is 7.81. The minimum atomic E-state index is -1.45. The second-order valence-corrected chi connectivity index (χ2v) is 7.36. The van der Waals surface area contributed by atoms with Crippen molar-refractivity contribution in [1.29, 1.82) is 0 Å². The maximum Gasteiger partial charge on any atom is 0.240 e. The van der Waals surface area contributed by atoms with Crippen LogP contribution in [0, 0.1) is 5.41 Å². The number of allylic oxidation sites excluding steroid dienone is 2. The highest BCUT2D eigenvalue weighted by atomic mass is 35.5. The number of Topliss-reactive ketones (excluding diaryl/α,β-unsaturated/α-hetero) is 1. The predicted molar refractivity (Wildman–Crippen MR) is 88.6 cm³/mol. The van der Waals surface area contributed by atoms with E-state index in [1.807, 2.05) is 20.8 Å². The molecule has 0 spiro atoms. The molecule has 2 unspecified atom stereocenters. The fourth-order valence-electron chi connectivity index (χ4n) is 1.86. The fraction of sp³-hybridized carbons (Fsp3) is 0.400. The van der Waals surface area contributed by atoms with Gasteiger partial charge in [0.2, 0.25) is 5.18 Å². The summed E-state index contributed by atoms with van der Waals surface area (Å²) >= 11 is 18.2. The summed E-state index contributed by atoms with van der Waals surface area (Å²) in [6, 6.07) is 3.61. The summed E-state index contributed by atoms with van der Waals surface area (Å²) in [5.41, 5.74) is -0.599. The third kappa shape index (κ3) is 3.87. The zero-order chi connectivity index (χ0) is 16.5. The van der Waals surface area contributed by atoms with Crippen molar-refractivity contribution >= 4 is 40.6 Å². The highest BCUT2D eigenvalue weighted by Gasteiger charge is 2.39. The largest absolute Gasteiger partial charge is 0.346 e. The van der Waals surface area contributed by atoms with E-state index in [-0.39, 0.29) is 10.8 Å². The van der Waals surface area contributed by atoms with Crippen LogP contribution < -0.4 is 5.32 Å². The van der Waals surface area contributed by atoms with Crippen molar-refractivity contribution in [3.8, 4) is 0 Å². The Balaban J connectivity index is 2.31. The van der Waals surface area contributed by atoms with E-state index in [0.29, 0.717) is 5.03 Å². The van der Waals surface area contributed by atoms with E-state index in [0.717, 1.165) is 0 Å². The van der Waals surface area contributed by atoms with Crippen LogP contribution in [0.1, 0.15) is 27.0 Å². The second kappa shape index (κ2) is 6.28. The van der Waals surface area contributed by atoms with E-state index in [1.165, 1.54) is 12.3 Å². The van der Waals surface area contributed by atoms with Gasteiger partial charge in [0.05, 0.1) is 10.1 Å². The van der Waals surface area contributed by atoms with Crippen LogP contribution in [0.15, 0.2) is 46.9 Å². The molecule has 0 aliphatic carbocycles. The van der Waals surface area contributed by atoms with Crippen molar-refractivity contribution in [3.63, 3.8) is 0 Å². The van der Waals surface area contributed by atoms with Gasteiger partial charge in [0.25, 0.3) is 0 Å². The zero-order valence-corrected chi connectivity index (χ0v) is 14.7. The van der Waals surface area contributed by atoms with Crippen molar-refractivity contribution in [2.75, 3.05) is 0 Å². The molecule has 0 amide bonds. The van der Waals surface area contributed by atoms with Crippen molar-refractivity contribution < 1.29 is 9.53 Å². The molecular formula is C15H17Cl3N2O2. The first kappa shape index (κ1) is 17.4. The molecule has 0 fully saturated rings. The molecule has 120 valence electrons. The Morgan fingerprint density at radius 2 is 1.86 bits per heavy atom. The van der Waals surface area contributed by atoms with E-state index < -0.39 is 16.8 Å². The van der Waals surface area contributed by atoms with Crippen LogP contribution in [-0.2, 0) is 9.53 Å². The molecule has 0 bridgehead atoms. The summed E-state index contributed by atoms with van der Waals surface area (Å²) in [5.74, 6) is -0.115. The van der Waals surface area contributed by atoms with Crippen molar-refractivity contribution in [2.45, 2.75) is 32.2 Å². The third-order valence-electron chi connectivity index (χ3n) is 3.08. The summed E-state index contributed by atoms with van der Waals surface area (Å²) in [4.78, 5) is 12.7. The summed E-state index contributed by atoms with van der Waals surface area (Å²) < 4.78 is 7.49. The highest BCUT2D eigenvalue weighted by Crippen LogP contribution is 2.34. The third-order valence-corrected chi connectivity index (χ3v) is 4.11. The molecule has 7 heteroatoms. The van der Waals surface area contributed by atoms with Crippen LogP contribution in [0.25, 0.3) is 0 Å². The molecule has 1 aliphatic rings. The Labute approximate surface area is 144 Å². The highest BCUT2D eigenvalue weighted by molar-refractivity contribution is 6.44. The minimum Gasteiger partial charge on any atom is -0.346 e. The van der Waals surface area contributed by atoms with Gasteiger partial charge in [-0.2, -0.15) is 0 Å². The second-order valence-electron chi connectivity index (χ2n) is 5.99. The van der Waals surface area contributed by atoms with Gasteiger partial charge in [0.1, 0.15) is 0 Å². The molecule has 0 saturated heterocycles. The lowest BCUT2D eigenvalue weighted by atomic mass is 9.89. The maximum atomic E-state index is 12.7. The number of hydrogen-bond acceptors (Lipinski definition) is 3. The van der Waals surface area contributed by atoms with E-state index in [4.69, 9.17) is 39.5 Å². The fourth-order valence-corrected chi connectivity index (χ4v) is 2.48. The molecule has 22 heavy (non-hydrogen) atoms. The van der Waals surface area contributed by atoms with Crippen LogP contribution in [0.3, 0.4) is 0 Å². The molecule has 2 rings (SSSR count). The van der Waals surface area contributed by atoms with Gasteiger partial charge in [-0.1, -0.05) is 55.6 Å². The average molecular weight is 364 g/mol. The predicted octanol–water partition coefficient (Wildman–Crippen LogP) is 4.32. The molecule has 1 aromatic rings. The first-order valence-electron chi connectivity index (χ1n) is 6.68. The summed E-state index contributed by atoms with van der Waals surface area (Å²) in [5, 5.41) is 1.92. The van der Waals surface area contributed by atoms with E-state index in [1.54, 1.807) is 29.1 Å². The van der Waals surface area contributed by atoms with E-state index in [9.17, 15) is 4.79 Å². The topological polar surface area (TPSA) is 43.3 Å². The molecule has 4 nitrogen and oxygen atoms in total. The number of carbonyl (C=O) groups is 1. The lowest BCUT2D eigenvalue weighted by molar-refractivity contribution is -0.152. The number of dihydropyridines is 1. The smallest absolute Gasteiger partial charge is 0.240 e. The number of rotatable bonds is 4. The van der Waals surface area contributed by atoms with Crippen LogP contribution in [0.5, 0.6) is 0 Å². The summed E-state index contributed by atoms with van der Waals surface area (Å²) in [6.45, 7) is 5.47. The number of nitrogens with zero attached hydrogens (tertiary/aromatic N) is 1. The SMILES string of the molecule is CC(C)(C)C(=O)C(OC1(Cl)C=C(Cl)C(Cl)=CN1)n1cccc1.